The van der Waals surface area contributed by atoms with Gasteiger partial charge in [0.1, 0.15) is 0 Å². The molecule has 0 atom stereocenters. The zero-order valence-electron chi connectivity index (χ0n) is 15.3. The average Bonchev–Trinajstić information content (AvgIpc) is 2.37. The van der Waals surface area contributed by atoms with E-state index in [9.17, 15) is 21.6 Å². The van der Waals surface area contributed by atoms with Gasteiger partial charge in [0.2, 0.25) is 8.32 Å². The molecule has 0 saturated carbocycles. The maximum Gasteiger partial charge on any atom is 0.522 e. The third-order valence-electron chi connectivity index (χ3n) is 4.89. The first-order chi connectivity index (χ1) is 10.2. The molecule has 0 heterocycles. The predicted molar refractivity (Wildman–Crippen MR) is 90.2 cm³/mol. The van der Waals surface area contributed by atoms with Crippen LogP contribution in [0.15, 0.2) is 0 Å². The number of hydrogen-bond acceptors (Lipinski definition) is 3. The van der Waals surface area contributed by atoms with Crippen LogP contribution in [0, 0.1) is 0 Å². The third-order valence-corrected chi connectivity index (χ3v) is 13.8. The molecule has 0 aromatic rings. The second kappa shape index (κ2) is 7.87. The van der Waals surface area contributed by atoms with Crippen molar-refractivity contribution in [2.75, 3.05) is 0 Å². The molecule has 0 radical (unpaired) electrons. The lowest BCUT2D eigenvalue weighted by Gasteiger charge is -2.50. The van der Waals surface area contributed by atoms with Gasteiger partial charge in [-0.05, 0) is 16.1 Å². The van der Waals surface area contributed by atoms with Crippen LogP contribution in [0.5, 0.6) is 0 Å². The Balaban J connectivity index is 6.47. The topological polar surface area (TPSA) is 43.4 Å². The minimum atomic E-state index is -5.61. The van der Waals surface area contributed by atoms with Gasteiger partial charge in [-0.1, -0.05) is 74.1 Å². The second-order valence-corrected chi connectivity index (χ2v) is 13.8. The first kappa shape index (κ1) is 22.9. The minimum Gasteiger partial charge on any atom is -0.307 e. The normalized spacial score (nSPS) is 14.8. The van der Waals surface area contributed by atoms with E-state index in [1.54, 1.807) is 0 Å². The van der Waals surface area contributed by atoms with Gasteiger partial charge in [-0.2, -0.15) is 21.6 Å². The van der Waals surface area contributed by atoms with Crippen molar-refractivity contribution in [1.29, 1.82) is 0 Å². The highest BCUT2D eigenvalue weighted by atomic mass is 32.2. The Bertz CT molecular complexity index is 449. The zero-order valence-corrected chi connectivity index (χ0v) is 17.1. The summed E-state index contributed by atoms with van der Waals surface area (Å²) in [7, 11) is -8.92. The van der Waals surface area contributed by atoms with Crippen molar-refractivity contribution in [2.24, 2.45) is 0 Å². The molecule has 0 unspecified atom stereocenters. The van der Waals surface area contributed by atoms with Crippen LogP contribution in [0.4, 0.5) is 13.2 Å². The van der Waals surface area contributed by atoms with Gasteiger partial charge >= 0.3 is 15.6 Å². The van der Waals surface area contributed by atoms with Gasteiger partial charge in [0, 0.05) is 0 Å². The molecule has 140 valence electrons. The van der Waals surface area contributed by atoms with Crippen molar-refractivity contribution in [1.82, 2.24) is 0 Å². The number of halogens is 3. The van der Waals surface area contributed by atoms with E-state index in [0.717, 1.165) is 0 Å². The summed E-state index contributed by atoms with van der Waals surface area (Å²) in [5.41, 5.74) is -5.68. The number of alkyl halides is 3. The molecule has 8 heteroatoms. The van der Waals surface area contributed by atoms with Crippen molar-refractivity contribution in [2.45, 2.75) is 95.8 Å². The molecule has 0 spiro atoms. The molecule has 0 bridgehead atoms. The Hall–Kier alpha value is -0.0831. The fourth-order valence-corrected chi connectivity index (χ4v) is 13.3. The molecular formula is C15H31F3O3SSi. The maximum absolute atomic E-state index is 13.0. The first-order valence-electron chi connectivity index (χ1n) is 8.26. The molecule has 0 aliphatic rings. The van der Waals surface area contributed by atoms with Crippen LogP contribution in [-0.2, 0) is 14.0 Å². The second-order valence-electron chi connectivity index (χ2n) is 7.05. The van der Waals surface area contributed by atoms with Crippen molar-refractivity contribution in [3.63, 3.8) is 0 Å². The lowest BCUT2D eigenvalue weighted by molar-refractivity contribution is -0.0507. The predicted octanol–water partition coefficient (Wildman–Crippen LogP) is 5.98. The van der Waals surface area contributed by atoms with E-state index < -0.39 is 29.0 Å². The van der Waals surface area contributed by atoms with E-state index in [1.165, 1.54) is 0 Å². The lowest BCUT2D eigenvalue weighted by atomic mass is 10.2. The molecule has 23 heavy (non-hydrogen) atoms. The molecule has 0 aromatic carbocycles. The summed E-state index contributed by atoms with van der Waals surface area (Å²) < 4.78 is 68.0. The Labute approximate surface area is 140 Å². The van der Waals surface area contributed by atoms with Crippen LogP contribution in [0.2, 0.25) is 16.1 Å². The zero-order chi connectivity index (χ0) is 18.7. The molecule has 0 N–H and O–H groups in total. The van der Waals surface area contributed by atoms with Crippen molar-refractivity contribution in [3.05, 3.63) is 0 Å². The minimum absolute atomic E-state index is 0.149. The molecule has 3 nitrogen and oxygen atoms in total. The van der Waals surface area contributed by atoms with Crippen molar-refractivity contribution < 1.29 is 25.5 Å². The fourth-order valence-electron chi connectivity index (χ4n) is 3.84. The Morgan fingerprint density at radius 3 is 1.35 bits per heavy atom. The van der Waals surface area contributed by atoms with Crippen molar-refractivity contribution in [3.8, 4) is 0 Å². The highest BCUT2D eigenvalue weighted by Gasteiger charge is 2.62. The quantitative estimate of drug-likeness (QED) is 0.387. The van der Waals surface area contributed by atoms with Gasteiger partial charge in [-0.15, -0.1) is 0 Å². The highest BCUT2D eigenvalue weighted by molar-refractivity contribution is 7.88. The third kappa shape index (κ3) is 4.51. The molecule has 0 fully saturated rings. The van der Waals surface area contributed by atoms with Gasteiger partial charge in [0.15, 0.2) is 0 Å². The lowest BCUT2D eigenvalue weighted by Crippen LogP contribution is -2.57. The summed E-state index contributed by atoms with van der Waals surface area (Å²) in [6, 6.07) is 0. The summed E-state index contributed by atoms with van der Waals surface area (Å²) in [5, 5.41) is -0.626. The van der Waals surface area contributed by atoms with Crippen LogP contribution in [-0.4, -0.2) is 22.2 Å². The van der Waals surface area contributed by atoms with E-state index in [2.05, 4.69) is 0 Å². The average molecular weight is 377 g/mol. The van der Waals surface area contributed by atoms with Gasteiger partial charge in [0.25, 0.3) is 0 Å². The van der Waals surface area contributed by atoms with E-state index in [-0.39, 0.29) is 11.1 Å². The summed E-state index contributed by atoms with van der Waals surface area (Å²) in [6.45, 7) is 13.0. The van der Waals surface area contributed by atoms with E-state index in [4.69, 9.17) is 3.87 Å². The highest BCUT2D eigenvalue weighted by Crippen LogP contribution is 2.56. The molecular weight excluding hydrogens is 345 g/mol. The molecule has 0 aliphatic carbocycles. The van der Waals surface area contributed by atoms with Gasteiger partial charge < -0.3 is 3.87 Å². The van der Waals surface area contributed by atoms with Crippen molar-refractivity contribution >= 4 is 18.4 Å². The summed E-state index contributed by atoms with van der Waals surface area (Å²) in [4.78, 5) is 0. The summed E-state index contributed by atoms with van der Waals surface area (Å²) in [6.07, 6.45) is 2.46. The Morgan fingerprint density at radius 1 is 0.870 bits per heavy atom. The monoisotopic (exact) mass is 376 g/mol. The summed E-state index contributed by atoms with van der Waals surface area (Å²) >= 11 is 0. The molecule has 0 saturated heterocycles. The largest absolute Gasteiger partial charge is 0.522 e. The SMILES string of the molecule is CCC(CC)[Si](OS(=O)(=O)C(F)(F)F)(C(CC)CC)C(C)(C)C. The van der Waals surface area contributed by atoms with Gasteiger partial charge in [0.05, 0.1) is 0 Å². The molecule has 0 aliphatic heterocycles. The molecule has 0 rings (SSSR count). The van der Waals surface area contributed by atoms with Gasteiger partial charge in [-0.25, -0.2) is 0 Å². The summed E-state index contributed by atoms with van der Waals surface area (Å²) in [5.74, 6) is 0. The molecule has 0 amide bonds. The van der Waals surface area contributed by atoms with Crippen LogP contribution >= 0.6 is 0 Å². The maximum atomic E-state index is 13.0. The van der Waals surface area contributed by atoms with E-state index in [1.807, 2.05) is 48.5 Å². The standard InChI is InChI=1S/C15H31F3O3SSi/c1-8-12(9-2)23(14(5,6)7,13(10-3)11-4)21-22(19,20)15(16,17)18/h12-13H,8-11H2,1-7H3. The van der Waals surface area contributed by atoms with Crippen LogP contribution < -0.4 is 0 Å². The molecule has 0 aromatic heterocycles. The smallest absolute Gasteiger partial charge is 0.307 e. The van der Waals surface area contributed by atoms with Crippen LogP contribution in [0.25, 0.3) is 0 Å². The van der Waals surface area contributed by atoms with Gasteiger partial charge in [-0.3, -0.25) is 0 Å². The van der Waals surface area contributed by atoms with Crippen LogP contribution in [0.3, 0.4) is 0 Å². The number of rotatable bonds is 8. The number of hydrogen-bond donors (Lipinski definition) is 0. The first-order valence-corrected chi connectivity index (χ1v) is 11.7. The fraction of sp³-hybridized carbons (Fsp3) is 1.00. The van der Waals surface area contributed by atoms with Crippen LogP contribution in [0.1, 0.15) is 74.1 Å². The Kier molecular flexibility index (Phi) is 7.84. The Morgan fingerprint density at radius 2 is 1.17 bits per heavy atom. The van der Waals surface area contributed by atoms with E-state index >= 15 is 0 Å². The van der Waals surface area contributed by atoms with E-state index in [0.29, 0.717) is 25.7 Å².